The van der Waals surface area contributed by atoms with Gasteiger partial charge < -0.3 is 54.7 Å². The second-order valence-electron chi connectivity index (χ2n) is 8.58. The van der Waals surface area contributed by atoms with Gasteiger partial charge in [0.2, 0.25) is 0 Å². The lowest BCUT2D eigenvalue weighted by atomic mass is 10.0. The fourth-order valence-corrected chi connectivity index (χ4v) is 4.03. The predicted molar refractivity (Wildman–Crippen MR) is 115 cm³/mol. The van der Waals surface area contributed by atoms with Gasteiger partial charge in [-0.1, -0.05) is 31.8 Å². The highest BCUT2D eigenvalue weighted by Crippen LogP contribution is 2.32. The Hall–Kier alpha value is -0.700. The van der Waals surface area contributed by atoms with Crippen molar-refractivity contribution in [1.29, 1.82) is 0 Å². The summed E-state index contributed by atoms with van der Waals surface area (Å²) in [6.45, 7) is 2.65. The molecule has 33 heavy (non-hydrogen) atoms. The highest BCUT2D eigenvalue weighted by atomic mass is 16.8. The molecule has 11 heteroatoms. The summed E-state index contributed by atoms with van der Waals surface area (Å²) in [7, 11) is 0. The van der Waals surface area contributed by atoms with Crippen LogP contribution in [0.1, 0.15) is 44.9 Å². The molecule has 0 saturated carbocycles. The summed E-state index contributed by atoms with van der Waals surface area (Å²) in [5, 5.41) is 69.2. The summed E-state index contributed by atoms with van der Waals surface area (Å²) in [5.74, 6) is 0. The molecule has 11 nitrogen and oxygen atoms in total. The lowest BCUT2D eigenvalue weighted by molar-refractivity contribution is -0.226. The summed E-state index contributed by atoms with van der Waals surface area (Å²) in [6, 6.07) is 0. The molecule has 7 N–H and O–H groups in total. The zero-order chi connectivity index (χ0) is 24.4. The molecular weight excluding hydrogens is 440 g/mol. The molecule has 194 valence electrons. The van der Waals surface area contributed by atoms with Gasteiger partial charge in [0.15, 0.2) is 12.6 Å². The van der Waals surface area contributed by atoms with E-state index in [4.69, 9.17) is 24.1 Å². The van der Waals surface area contributed by atoms with Crippen LogP contribution in [0.5, 0.6) is 0 Å². The van der Waals surface area contributed by atoms with Crippen molar-refractivity contribution in [2.24, 2.45) is 0 Å². The first-order valence-electron chi connectivity index (χ1n) is 11.7. The van der Waals surface area contributed by atoms with Crippen molar-refractivity contribution in [2.45, 2.75) is 106 Å². The zero-order valence-corrected chi connectivity index (χ0v) is 18.9. The number of allylic oxidation sites excluding steroid dienone is 1. The Bertz CT molecular complexity index is 550. The van der Waals surface area contributed by atoms with E-state index in [1.165, 1.54) is 0 Å². The van der Waals surface area contributed by atoms with Crippen LogP contribution in [0.25, 0.3) is 0 Å². The van der Waals surface area contributed by atoms with Gasteiger partial charge in [0.1, 0.15) is 48.8 Å². The van der Waals surface area contributed by atoms with Gasteiger partial charge >= 0.3 is 0 Å². The number of rotatable bonds is 16. The molecule has 0 unspecified atom stereocenters. The number of aliphatic hydroxyl groups is 7. The Labute approximate surface area is 194 Å². The summed E-state index contributed by atoms with van der Waals surface area (Å²) in [4.78, 5) is 0. The molecule has 2 heterocycles. The fourth-order valence-electron chi connectivity index (χ4n) is 4.03. The van der Waals surface area contributed by atoms with Gasteiger partial charge in [0.25, 0.3) is 0 Å². The first-order valence-corrected chi connectivity index (χ1v) is 11.7. The first-order chi connectivity index (χ1) is 15.8. The van der Waals surface area contributed by atoms with Crippen LogP contribution >= 0.6 is 0 Å². The second kappa shape index (κ2) is 14.6. The summed E-state index contributed by atoms with van der Waals surface area (Å²) in [6.07, 6.45) is -4.58. The number of hydrogen-bond acceptors (Lipinski definition) is 11. The van der Waals surface area contributed by atoms with Crippen molar-refractivity contribution >= 4 is 0 Å². The molecular formula is C22H40O11. The molecule has 0 spiro atoms. The maximum Gasteiger partial charge on any atom is 0.187 e. The molecule has 0 amide bonds. The first kappa shape index (κ1) is 28.5. The van der Waals surface area contributed by atoms with Crippen molar-refractivity contribution in [3.05, 3.63) is 12.7 Å². The van der Waals surface area contributed by atoms with Gasteiger partial charge in [-0.25, -0.2) is 0 Å². The van der Waals surface area contributed by atoms with Gasteiger partial charge in [-0.15, -0.1) is 6.58 Å². The molecule has 0 aromatic heterocycles. The van der Waals surface area contributed by atoms with Gasteiger partial charge in [-0.05, 0) is 19.3 Å². The second-order valence-corrected chi connectivity index (χ2v) is 8.58. The van der Waals surface area contributed by atoms with Gasteiger partial charge in [-0.2, -0.15) is 0 Å². The van der Waals surface area contributed by atoms with Crippen molar-refractivity contribution in [3.63, 3.8) is 0 Å². The monoisotopic (exact) mass is 480 g/mol. The standard InChI is InChI=1S/C22H40O11/c1-2-3-4-5-6-7-8-9-10-30-21-17(29)20(19(32-21)14(26)12-24)33-22-16(28)15(27)18(31-22)13(25)11-23/h2,13-29H,1,3-12H2/t13-,14-,15-,16-,17-,18+,19+,20-,21-,22+/m1/s1. The lowest BCUT2D eigenvalue weighted by Gasteiger charge is -2.27. The van der Waals surface area contributed by atoms with Gasteiger partial charge in [-0.3, -0.25) is 0 Å². The molecule has 0 bridgehead atoms. The van der Waals surface area contributed by atoms with E-state index in [-0.39, 0.29) is 0 Å². The summed E-state index contributed by atoms with van der Waals surface area (Å²) >= 11 is 0. The minimum Gasteiger partial charge on any atom is -0.394 e. The highest BCUT2D eigenvalue weighted by Gasteiger charge is 2.53. The van der Waals surface area contributed by atoms with Gasteiger partial charge in [0.05, 0.1) is 13.2 Å². The number of ether oxygens (including phenoxy) is 4. The Morgan fingerprint density at radius 2 is 1.33 bits per heavy atom. The Morgan fingerprint density at radius 3 is 1.97 bits per heavy atom. The SMILES string of the molecule is C=CCCCCCCCCO[C@@H]1O[C@@H]([C@H](O)CO)[C@H](O[C@@H]2O[C@@H]([C@H](O)CO)[C@H](O)[C@H]2O)[C@H]1O. The molecule has 2 aliphatic rings. The van der Waals surface area contributed by atoms with Crippen LogP contribution in [0.15, 0.2) is 12.7 Å². The number of aliphatic hydroxyl groups excluding tert-OH is 7. The maximum absolute atomic E-state index is 10.7. The average Bonchev–Trinajstić information content (AvgIpc) is 3.28. The molecule has 0 aromatic rings. The van der Waals surface area contributed by atoms with E-state index in [1.54, 1.807) is 0 Å². The van der Waals surface area contributed by atoms with Crippen LogP contribution in [0, 0.1) is 0 Å². The van der Waals surface area contributed by atoms with E-state index in [9.17, 15) is 30.6 Å². The Balaban J connectivity index is 1.85. The Kier molecular flexibility index (Phi) is 12.7. The molecule has 0 aliphatic carbocycles. The third-order valence-electron chi connectivity index (χ3n) is 6.00. The largest absolute Gasteiger partial charge is 0.394 e. The van der Waals surface area contributed by atoms with Crippen LogP contribution in [-0.4, -0.2) is 117 Å². The number of hydrogen-bond donors (Lipinski definition) is 7. The molecule has 2 saturated heterocycles. The lowest BCUT2D eigenvalue weighted by Crippen LogP contribution is -2.46. The third kappa shape index (κ3) is 7.91. The van der Waals surface area contributed by atoms with E-state index in [0.29, 0.717) is 6.61 Å². The average molecular weight is 481 g/mol. The van der Waals surface area contributed by atoms with Gasteiger partial charge in [0, 0.05) is 6.61 Å². The van der Waals surface area contributed by atoms with Crippen LogP contribution < -0.4 is 0 Å². The molecule has 0 aromatic carbocycles. The zero-order valence-electron chi connectivity index (χ0n) is 18.9. The molecule has 2 rings (SSSR count). The van der Waals surface area contributed by atoms with Crippen molar-refractivity contribution < 1.29 is 54.7 Å². The molecule has 0 radical (unpaired) electrons. The normalized spacial score (nSPS) is 36.2. The van der Waals surface area contributed by atoms with Crippen molar-refractivity contribution in [3.8, 4) is 0 Å². The highest BCUT2D eigenvalue weighted by molar-refractivity contribution is 4.96. The van der Waals surface area contributed by atoms with E-state index in [0.717, 1.165) is 44.9 Å². The van der Waals surface area contributed by atoms with E-state index in [2.05, 4.69) is 6.58 Å². The quantitative estimate of drug-likeness (QED) is 0.101. The van der Waals surface area contributed by atoms with E-state index < -0.39 is 74.6 Å². The fraction of sp³-hybridized carbons (Fsp3) is 0.909. The van der Waals surface area contributed by atoms with E-state index >= 15 is 0 Å². The Morgan fingerprint density at radius 1 is 0.758 bits per heavy atom. The van der Waals surface area contributed by atoms with Crippen LogP contribution in [0.3, 0.4) is 0 Å². The van der Waals surface area contributed by atoms with Crippen molar-refractivity contribution in [1.82, 2.24) is 0 Å². The minimum atomic E-state index is -1.58. The van der Waals surface area contributed by atoms with E-state index in [1.807, 2.05) is 6.08 Å². The number of unbranched alkanes of at least 4 members (excludes halogenated alkanes) is 6. The minimum absolute atomic E-state index is 0.315. The summed E-state index contributed by atoms with van der Waals surface area (Å²) in [5.41, 5.74) is 0. The predicted octanol–water partition coefficient (Wildman–Crippen LogP) is -1.46. The molecule has 2 aliphatic heterocycles. The van der Waals surface area contributed by atoms with Crippen LogP contribution in [-0.2, 0) is 18.9 Å². The molecule has 2 fully saturated rings. The van der Waals surface area contributed by atoms with Crippen LogP contribution in [0.4, 0.5) is 0 Å². The molecule has 10 atom stereocenters. The maximum atomic E-state index is 10.7. The third-order valence-corrected chi connectivity index (χ3v) is 6.00. The topological polar surface area (TPSA) is 179 Å². The summed E-state index contributed by atoms with van der Waals surface area (Å²) < 4.78 is 22.1. The smallest absolute Gasteiger partial charge is 0.187 e. The van der Waals surface area contributed by atoms with Crippen molar-refractivity contribution in [2.75, 3.05) is 19.8 Å². The van der Waals surface area contributed by atoms with Crippen LogP contribution in [0.2, 0.25) is 0 Å².